The summed E-state index contributed by atoms with van der Waals surface area (Å²) in [5.41, 5.74) is 7.75. The van der Waals surface area contributed by atoms with Crippen LogP contribution in [0.3, 0.4) is 0 Å². The fourth-order valence-corrected chi connectivity index (χ4v) is 1.61. The Morgan fingerprint density at radius 2 is 2.00 bits per heavy atom. The third-order valence-electron chi connectivity index (χ3n) is 2.41. The zero-order valence-electron chi connectivity index (χ0n) is 8.86. The predicted octanol–water partition coefficient (Wildman–Crippen LogP) is 2.39. The summed E-state index contributed by atoms with van der Waals surface area (Å²) < 4.78 is 13.5. The van der Waals surface area contributed by atoms with E-state index < -0.39 is 0 Å². The fourth-order valence-electron chi connectivity index (χ4n) is 1.61. The average molecular weight is 216 g/mol. The van der Waals surface area contributed by atoms with Crippen molar-refractivity contribution in [1.29, 1.82) is 0 Å². The zero-order valence-corrected chi connectivity index (χ0v) is 8.86. The van der Waals surface area contributed by atoms with E-state index in [0.717, 1.165) is 12.0 Å². The maximum absolute atomic E-state index is 13.5. The molecule has 82 valence electrons. The Balaban J connectivity index is 2.40. The molecule has 16 heavy (non-hydrogen) atoms. The van der Waals surface area contributed by atoms with Crippen LogP contribution in [0.4, 0.5) is 4.39 Å². The Morgan fingerprint density at radius 3 is 2.75 bits per heavy atom. The van der Waals surface area contributed by atoms with E-state index in [0.29, 0.717) is 17.8 Å². The highest BCUT2D eigenvalue weighted by Crippen LogP contribution is 2.20. The van der Waals surface area contributed by atoms with Gasteiger partial charge in [-0.2, -0.15) is 0 Å². The Kier molecular flexibility index (Phi) is 3.27. The lowest BCUT2D eigenvalue weighted by atomic mass is 10.1. The first-order chi connectivity index (χ1) is 7.81. The van der Waals surface area contributed by atoms with Crippen molar-refractivity contribution in [1.82, 2.24) is 4.98 Å². The Labute approximate surface area is 93.9 Å². The van der Waals surface area contributed by atoms with Crippen molar-refractivity contribution in [2.24, 2.45) is 5.73 Å². The number of benzene rings is 1. The van der Waals surface area contributed by atoms with Crippen LogP contribution in [0.25, 0.3) is 11.3 Å². The lowest BCUT2D eigenvalue weighted by Gasteiger charge is -2.04. The smallest absolute Gasteiger partial charge is 0.132 e. The Hall–Kier alpha value is -1.74. The second-order valence-corrected chi connectivity index (χ2v) is 3.57. The summed E-state index contributed by atoms with van der Waals surface area (Å²) in [5, 5.41) is 0. The molecule has 0 aliphatic rings. The molecule has 0 unspecified atom stereocenters. The van der Waals surface area contributed by atoms with Crippen molar-refractivity contribution in [3.05, 3.63) is 54.0 Å². The molecule has 1 aromatic carbocycles. The molecule has 3 heteroatoms. The summed E-state index contributed by atoms with van der Waals surface area (Å²) in [5.74, 6) is -0.250. The second kappa shape index (κ2) is 4.86. The molecule has 2 rings (SSSR count). The first-order valence-corrected chi connectivity index (χ1v) is 5.21. The summed E-state index contributed by atoms with van der Waals surface area (Å²) in [7, 11) is 0. The molecule has 0 saturated carbocycles. The minimum absolute atomic E-state index is 0.250. The van der Waals surface area contributed by atoms with Crippen LogP contribution in [-0.4, -0.2) is 11.5 Å². The molecule has 0 spiro atoms. The third kappa shape index (κ3) is 2.25. The molecule has 0 fully saturated rings. The molecule has 0 aliphatic heterocycles. The molecule has 0 aliphatic carbocycles. The predicted molar refractivity (Wildman–Crippen MR) is 62.4 cm³/mol. The largest absolute Gasteiger partial charge is 0.330 e. The van der Waals surface area contributed by atoms with Crippen molar-refractivity contribution in [3.8, 4) is 11.3 Å². The Bertz CT molecular complexity index is 483. The lowest BCUT2D eigenvalue weighted by Crippen LogP contribution is -2.03. The van der Waals surface area contributed by atoms with Gasteiger partial charge >= 0.3 is 0 Å². The molecule has 0 atom stereocenters. The van der Waals surface area contributed by atoms with E-state index in [1.54, 1.807) is 24.4 Å². The molecule has 0 amide bonds. The number of rotatable bonds is 3. The molecular weight excluding hydrogens is 203 g/mol. The fraction of sp³-hybridized carbons (Fsp3) is 0.154. The minimum Gasteiger partial charge on any atom is -0.330 e. The van der Waals surface area contributed by atoms with Crippen LogP contribution in [0, 0.1) is 5.82 Å². The van der Waals surface area contributed by atoms with Gasteiger partial charge in [0.15, 0.2) is 0 Å². The highest BCUT2D eigenvalue weighted by Gasteiger charge is 2.05. The number of hydrogen-bond donors (Lipinski definition) is 1. The van der Waals surface area contributed by atoms with Gasteiger partial charge in [-0.05, 0) is 42.8 Å². The number of nitrogens with two attached hydrogens (primary N) is 1. The van der Waals surface area contributed by atoms with Crippen molar-refractivity contribution in [2.45, 2.75) is 6.42 Å². The van der Waals surface area contributed by atoms with Crippen LogP contribution in [0.15, 0.2) is 42.6 Å². The van der Waals surface area contributed by atoms with Crippen LogP contribution < -0.4 is 5.73 Å². The molecule has 0 saturated heterocycles. The number of aromatic nitrogens is 1. The average Bonchev–Trinajstić information content (AvgIpc) is 2.30. The van der Waals surface area contributed by atoms with Gasteiger partial charge in [-0.15, -0.1) is 0 Å². The first kappa shape index (κ1) is 10.8. The van der Waals surface area contributed by atoms with E-state index in [9.17, 15) is 4.39 Å². The van der Waals surface area contributed by atoms with Gasteiger partial charge in [0, 0.05) is 11.8 Å². The third-order valence-corrected chi connectivity index (χ3v) is 2.41. The number of hydrogen-bond acceptors (Lipinski definition) is 2. The van der Waals surface area contributed by atoms with Gasteiger partial charge in [0.05, 0.1) is 5.69 Å². The van der Waals surface area contributed by atoms with Crippen molar-refractivity contribution < 1.29 is 4.39 Å². The monoisotopic (exact) mass is 216 g/mol. The standard InChI is InChI=1S/C13H13FN2/c14-12-4-2-1-3-11(12)13-9-10(5-7-15)6-8-16-13/h1-4,6,8-9H,5,7,15H2. The molecule has 0 bridgehead atoms. The quantitative estimate of drug-likeness (QED) is 0.855. The van der Waals surface area contributed by atoms with Crippen LogP contribution in [-0.2, 0) is 6.42 Å². The first-order valence-electron chi connectivity index (χ1n) is 5.21. The second-order valence-electron chi connectivity index (χ2n) is 3.57. The maximum atomic E-state index is 13.5. The number of nitrogens with zero attached hydrogens (tertiary/aromatic N) is 1. The normalized spacial score (nSPS) is 10.4. The summed E-state index contributed by atoms with van der Waals surface area (Å²) >= 11 is 0. The van der Waals surface area contributed by atoms with E-state index in [2.05, 4.69) is 4.98 Å². The minimum atomic E-state index is -0.250. The molecule has 1 heterocycles. The van der Waals surface area contributed by atoms with E-state index in [1.165, 1.54) is 6.07 Å². The van der Waals surface area contributed by atoms with Gasteiger partial charge in [-0.25, -0.2) is 4.39 Å². The summed E-state index contributed by atoms with van der Waals surface area (Å²) in [6.07, 6.45) is 2.47. The highest BCUT2D eigenvalue weighted by atomic mass is 19.1. The topological polar surface area (TPSA) is 38.9 Å². The molecule has 2 nitrogen and oxygen atoms in total. The SMILES string of the molecule is NCCc1ccnc(-c2ccccc2F)c1. The maximum Gasteiger partial charge on any atom is 0.132 e. The van der Waals surface area contributed by atoms with E-state index in [-0.39, 0.29) is 5.82 Å². The van der Waals surface area contributed by atoms with Crippen molar-refractivity contribution in [3.63, 3.8) is 0 Å². The van der Waals surface area contributed by atoms with Crippen molar-refractivity contribution in [2.75, 3.05) is 6.54 Å². The van der Waals surface area contributed by atoms with E-state index >= 15 is 0 Å². The molecule has 0 radical (unpaired) electrons. The Morgan fingerprint density at radius 1 is 1.19 bits per heavy atom. The van der Waals surface area contributed by atoms with Gasteiger partial charge < -0.3 is 5.73 Å². The summed E-state index contributed by atoms with van der Waals surface area (Å²) in [6.45, 7) is 0.584. The van der Waals surface area contributed by atoms with E-state index in [1.807, 2.05) is 12.1 Å². The van der Waals surface area contributed by atoms with Crippen LogP contribution in [0.2, 0.25) is 0 Å². The highest BCUT2D eigenvalue weighted by molar-refractivity contribution is 5.60. The van der Waals surface area contributed by atoms with Gasteiger partial charge in [0.1, 0.15) is 5.82 Å². The number of pyridine rings is 1. The molecular formula is C13H13FN2. The molecule has 2 N–H and O–H groups in total. The molecule has 1 aromatic heterocycles. The van der Waals surface area contributed by atoms with Gasteiger partial charge in [-0.3, -0.25) is 4.98 Å². The lowest BCUT2D eigenvalue weighted by molar-refractivity contribution is 0.630. The van der Waals surface area contributed by atoms with Crippen molar-refractivity contribution >= 4 is 0 Å². The number of halogens is 1. The summed E-state index contributed by atoms with van der Waals surface area (Å²) in [6, 6.07) is 10.4. The zero-order chi connectivity index (χ0) is 11.4. The summed E-state index contributed by atoms with van der Waals surface area (Å²) in [4.78, 5) is 4.17. The van der Waals surface area contributed by atoms with Crippen LogP contribution >= 0.6 is 0 Å². The van der Waals surface area contributed by atoms with Gasteiger partial charge in [-0.1, -0.05) is 12.1 Å². The van der Waals surface area contributed by atoms with Crippen LogP contribution in [0.5, 0.6) is 0 Å². The molecule has 2 aromatic rings. The van der Waals surface area contributed by atoms with Gasteiger partial charge in [0.25, 0.3) is 0 Å². The van der Waals surface area contributed by atoms with Gasteiger partial charge in [0.2, 0.25) is 0 Å². The van der Waals surface area contributed by atoms with E-state index in [4.69, 9.17) is 5.73 Å². The van der Waals surface area contributed by atoms with Crippen LogP contribution in [0.1, 0.15) is 5.56 Å².